The molecule has 3 nitrogen and oxygen atoms in total. The van der Waals surface area contributed by atoms with Crippen molar-refractivity contribution in [3.63, 3.8) is 0 Å². The van der Waals surface area contributed by atoms with E-state index in [4.69, 9.17) is 0 Å². The molecule has 1 aromatic rings. The van der Waals surface area contributed by atoms with Crippen LogP contribution >= 0.6 is 0 Å². The Morgan fingerprint density at radius 3 is 2.54 bits per heavy atom. The number of nitrogens with zero attached hydrogens (tertiary/aromatic N) is 1. The fourth-order valence-electron chi connectivity index (χ4n) is 1.39. The van der Waals surface area contributed by atoms with Crippen LogP contribution in [-0.4, -0.2) is 30.3 Å². The molecule has 1 unspecified atom stereocenters. The van der Waals surface area contributed by atoms with Crippen molar-refractivity contribution in [2.24, 2.45) is 0 Å². The molecule has 1 rings (SSSR count). The zero-order chi connectivity index (χ0) is 9.73. The normalized spacial score (nSPS) is 15.3. The summed E-state index contributed by atoms with van der Waals surface area (Å²) >= 11 is 0. The van der Waals surface area contributed by atoms with E-state index in [0.717, 1.165) is 12.1 Å². The van der Waals surface area contributed by atoms with E-state index in [2.05, 4.69) is 10.3 Å². The first kappa shape index (κ1) is 10.2. The van der Waals surface area contributed by atoms with Crippen LogP contribution in [0.25, 0.3) is 0 Å². The molecule has 0 bridgehead atoms. The number of aliphatic hydroxyl groups excluding tert-OH is 1. The van der Waals surface area contributed by atoms with Crippen LogP contribution in [0.3, 0.4) is 0 Å². The summed E-state index contributed by atoms with van der Waals surface area (Å²) in [4.78, 5) is 3.95. The van der Waals surface area contributed by atoms with Crippen molar-refractivity contribution >= 4 is 0 Å². The van der Waals surface area contributed by atoms with Gasteiger partial charge in [-0.15, -0.1) is 0 Å². The summed E-state index contributed by atoms with van der Waals surface area (Å²) in [5, 5.41) is 12.4. The second kappa shape index (κ2) is 4.35. The van der Waals surface area contributed by atoms with Crippen molar-refractivity contribution < 1.29 is 5.11 Å². The van der Waals surface area contributed by atoms with E-state index in [1.165, 1.54) is 0 Å². The van der Waals surface area contributed by atoms with Gasteiger partial charge >= 0.3 is 0 Å². The van der Waals surface area contributed by atoms with E-state index in [0.29, 0.717) is 0 Å². The maximum absolute atomic E-state index is 9.31. The number of aromatic nitrogens is 1. The minimum absolute atomic E-state index is 0.137. The smallest absolute Gasteiger partial charge is 0.0537 e. The Balaban J connectivity index is 2.89. The van der Waals surface area contributed by atoms with Gasteiger partial charge in [-0.2, -0.15) is 0 Å². The molecule has 13 heavy (non-hydrogen) atoms. The maximum atomic E-state index is 9.31. The van der Waals surface area contributed by atoms with Gasteiger partial charge in [0, 0.05) is 24.4 Å². The zero-order valence-electron chi connectivity index (χ0n) is 8.12. The number of hydrogen-bond acceptors (Lipinski definition) is 3. The minimum atomic E-state index is -0.211. The maximum Gasteiger partial charge on any atom is 0.0537 e. The lowest BCUT2D eigenvalue weighted by Gasteiger charge is -2.27. The van der Waals surface area contributed by atoms with E-state index in [1.807, 2.05) is 26.1 Å². The molecular formula is C10H16N2O. The SMILES string of the molecule is CNCC(C)(CO)c1ccncc1. The van der Waals surface area contributed by atoms with E-state index >= 15 is 0 Å². The van der Waals surface area contributed by atoms with Gasteiger partial charge in [0.05, 0.1) is 6.61 Å². The van der Waals surface area contributed by atoms with E-state index < -0.39 is 0 Å². The summed E-state index contributed by atoms with van der Waals surface area (Å²) in [5.41, 5.74) is 0.900. The molecule has 0 amide bonds. The first-order valence-electron chi connectivity index (χ1n) is 4.39. The largest absolute Gasteiger partial charge is 0.395 e. The minimum Gasteiger partial charge on any atom is -0.395 e. The quantitative estimate of drug-likeness (QED) is 0.711. The Morgan fingerprint density at radius 1 is 1.46 bits per heavy atom. The molecule has 1 aromatic heterocycles. The summed E-state index contributed by atoms with van der Waals surface area (Å²) in [6, 6.07) is 3.88. The van der Waals surface area contributed by atoms with Gasteiger partial charge in [0.1, 0.15) is 0 Å². The third-order valence-electron chi connectivity index (χ3n) is 2.29. The predicted octanol–water partition coefficient (Wildman–Crippen LogP) is 0.551. The van der Waals surface area contributed by atoms with Crippen LogP contribution in [0.1, 0.15) is 12.5 Å². The average molecular weight is 180 g/mol. The van der Waals surface area contributed by atoms with Crippen LogP contribution < -0.4 is 5.32 Å². The van der Waals surface area contributed by atoms with Crippen molar-refractivity contribution in [1.82, 2.24) is 10.3 Å². The van der Waals surface area contributed by atoms with Gasteiger partial charge in [-0.1, -0.05) is 6.92 Å². The number of rotatable bonds is 4. The van der Waals surface area contributed by atoms with E-state index in [-0.39, 0.29) is 12.0 Å². The van der Waals surface area contributed by atoms with Crippen molar-refractivity contribution in [3.05, 3.63) is 30.1 Å². The van der Waals surface area contributed by atoms with Crippen LogP contribution in [-0.2, 0) is 5.41 Å². The number of nitrogens with one attached hydrogen (secondary N) is 1. The Morgan fingerprint density at radius 2 is 2.08 bits per heavy atom. The highest BCUT2D eigenvalue weighted by Crippen LogP contribution is 2.21. The lowest BCUT2D eigenvalue weighted by Crippen LogP contribution is -2.37. The first-order valence-corrected chi connectivity index (χ1v) is 4.39. The van der Waals surface area contributed by atoms with E-state index in [9.17, 15) is 5.11 Å². The van der Waals surface area contributed by atoms with Crippen LogP contribution in [0.2, 0.25) is 0 Å². The predicted molar refractivity (Wildman–Crippen MR) is 52.6 cm³/mol. The fraction of sp³-hybridized carbons (Fsp3) is 0.500. The topological polar surface area (TPSA) is 45.1 Å². The third-order valence-corrected chi connectivity index (χ3v) is 2.29. The number of aliphatic hydroxyl groups is 1. The molecule has 0 fully saturated rings. The molecule has 0 aliphatic heterocycles. The third kappa shape index (κ3) is 2.26. The highest BCUT2D eigenvalue weighted by atomic mass is 16.3. The summed E-state index contributed by atoms with van der Waals surface area (Å²) < 4.78 is 0. The van der Waals surface area contributed by atoms with Gasteiger partial charge in [-0.05, 0) is 24.7 Å². The second-order valence-electron chi connectivity index (χ2n) is 3.48. The van der Waals surface area contributed by atoms with Gasteiger partial charge in [-0.25, -0.2) is 0 Å². The van der Waals surface area contributed by atoms with Crippen molar-refractivity contribution in [3.8, 4) is 0 Å². The highest BCUT2D eigenvalue weighted by molar-refractivity contribution is 5.22. The molecule has 1 atom stereocenters. The number of likely N-dealkylation sites (N-methyl/N-ethyl adjacent to an activating group) is 1. The van der Waals surface area contributed by atoms with Crippen molar-refractivity contribution in [2.45, 2.75) is 12.3 Å². The van der Waals surface area contributed by atoms with Crippen LogP contribution in [0.4, 0.5) is 0 Å². The summed E-state index contributed by atoms with van der Waals surface area (Å²) in [6.45, 7) is 2.92. The Hall–Kier alpha value is -0.930. The molecule has 0 aromatic carbocycles. The molecule has 2 N–H and O–H groups in total. The molecule has 0 saturated heterocycles. The lowest BCUT2D eigenvalue weighted by molar-refractivity contribution is 0.204. The zero-order valence-corrected chi connectivity index (χ0v) is 8.12. The van der Waals surface area contributed by atoms with Crippen molar-refractivity contribution in [1.29, 1.82) is 0 Å². The Kier molecular flexibility index (Phi) is 3.39. The number of pyridine rings is 1. The molecule has 3 heteroatoms. The Bertz CT molecular complexity index is 250. The molecular weight excluding hydrogens is 164 g/mol. The second-order valence-corrected chi connectivity index (χ2v) is 3.48. The standard InChI is InChI=1S/C10H16N2O/c1-10(8-13,7-11-2)9-3-5-12-6-4-9/h3-6,11,13H,7-8H2,1-2H3. The molecule has 0 spiro atoms. The molecule has 72 valence electrons. The van der Waals surface area contributed by atoms with Crippen LogP contribution in [0.15, 0.2) is 24.5 Å². The molecule has 0 radical (unpaired) electrons. The number of hydrogen-bond donors (Lipinski definition) is 2. The molecule has 0 saturated carbocycles. The first-order chi connectivity index (χ1) is 6.23. The Labute approximate surface area is 78.8 Å². The van der Waals surface area contributed by atoms with Gasteiger partial charge < -0.3 is 10.4 Å². The van der Waals surface area contributed by atoms with Crippen LogP contribution in [0, 0.1) is 0 Å². The van der Waals surface area contributed by atoms with Crippen LogP contribution in [0.5, 0.6) is 0 Å². The van der Waals surface area contributed by atoms with Gasteiger partial charge in [0.15, 0.2) is 0 Å². The molecule has 1 heterocycles. The van der Waals surface area contributed by atoms with Crippen molar-refractivity contribution in [2.75, 3.05) is 20.2 Å². The highest BCUT2D eigenvalue weighted by Gasteiger charge is 2.24. The summed E-state index contributed by atoms with van der Waals surface area (Å²) in [6.07, 6.45) is 3.50. The lowest BCUT2D eigenvalue weighted by atomic mass is 9.84. The fourth-order valence-corrected chi connectivity index (χ4v) is 1.39. The summed E-state index contributed by atoms with van der Waals surface area (Å²) in [7, 11) is 1.88. The monoisotopic (exact) mass is 180 g/mol. The van der Waals surface area contributed by atoms with Gasteiger partial charge in [-0.3, -0.25) is 4.98 Å². The summed E-state index contributed by atoms with van der Waals surface area (Å²) in [5.74, 6) is 0. The van der Waals surface area contributed by atoms with Gasteiger partial charge in [0.2, 0.25) is 0 Å². The average Bonchev–Trinajstić information content (AvgIpc) is 2.19. The molecule has 0 aliphatic carbocycles. The van der Waals surface area contributed by atoms with Gasteiger partial charge in [0.25, 0.3) is 0 Å². The van der Waals surface area contributed by atoms with E-state index in [1.54, 1.807) is 12.4 Å². The molecule has 0 aliphatic rings.